The molecule has 24 heavy (non-hydrogen) atoms. The first-order chi connectivity index (χ1) is 11.5. The van der Waals surface area contributed by atoms with E-state index in [-0.39, 0.29) is 5.91 Å². The van der Waals surface area contributed by atoms with Gasteiger partial charge < -0.3 is 14.8 Å². The molecule has 6 heteroatoms. The highest BCUT2D eigenvalue weighted by molar-refractivity contribution is 9.10. The summed E-state index contributed by atoms with van der Waals surface area (Å²) in [5, 5.41) is 3.59. The van der Waals surface area contributed by atoms with Crippen LogP contribution in [0.25, 0.3) is 0 Å². The third-order valence-corrected chi connectivity index (χ3v) is 4.19. The Morgan fingerprint density at radius 2 is 2.08 bits per heavy atom. The molecule has 0 aliphatic carbocycles. The molecule has 0 aliphatic rings. The SMILES string of the molecule is CCOc1c(Br)cc(C(=O)NCCc2cccc(Cl)c2)cc1OC. The van der Waals surface area contributed by atoms with Crippen LogP contribution in [-0.2, 0) is 6.42 Å². The van der Waals surface area contributed by atoms with E-state index in [1.54, 1.807) is 19.2 Å². The van der Waals surface area contributed by atoms with E-state index in [0.717, 1.165) is 5.56 Å². The maximum absolute atomic E-state index is 12.3. The molecule has 0 spiro atoms. The van der Waals surface area contributed by atoms with E-state index in [2.05, 4.69) is 21.2 Å². The van der Waals surface area contributed by atoms with Gasteiger partial charge in [0.05, 0.1) is 18.2 Å². The van der Waals surface area contributed by atoms with Crippen molar-refractivity contribution >= 4 is 33.4 Å². The van der Waals surface area contributed by atoms with Crippen molar-refractivity contribution in [1.29, 1.82) is 0 Å². The monoisotopic (exact) mass is 411 g/mol. The predicted octanol–water partition coefficient (Wildman–Crippen LogP) is 4.48. The van der Waals surface area contributed by atoms with E-state index in [0.29, 0.717) is 46.1 Å². The van der Waals surface area contributed by atoms with Crippen molar-refractivity contribution < 1.29 is 14.3 Å². The molecule has 2 rings (SSSR count). The van der Waals surface area contributed by atoms with Crippen LogP contribution in [0.4, 0.5) is 0 Å². The summed E-state index contributed by atoms with van der Waals surface area (Å²) in [7, 11) is 1.55. The Balaban J connectivity index is 2.03. The summed E-state index contributed by atoms with van der Waals surface area (Å²) in [6.45, 7) is 2.93. The van der Waals surface area contributed by atoms with Gasteiger partial charge in [0, 0.05) is 17.1 Å². The summed E-state index contributed by atoms with van der Waals surface area (Å²) in [6.07, 6.45) is 0.710. The predicted molar refractivity (Wildman–Crippen MR) is 99.4 cm³/mol. The second-order valence-electron chi connectivity index (χ2n) is 5.06. The molecule has 0 bridgehead atoms. The molecule has 1 N–H and O–H groups in total. The molecule has 0 radical (unpaired) electrons. The van der Waals surface area contributed by atoms with Gasteiger partial charge in [-0.05, 0) is 59.1 Å². The zero-order chi connectivity index (χ0) is 17.5. The molecule has 1 amide bonds. The lowest BCUT2D eigenvalue weighted by atomic mass is 10.1. The van der Waals surface area contributed by atoms with Gasteiger partial charge in [0.2, 0.25) is 0 Å². The topological polar surface area (TPSA) is 47.6 Å². The van der Waals surface area contributed by atoms with Crippen LogP contribution in [0, 0.1) is 0 Å². The first-order valence-electron chi connectivity index (χ1n) is 7.58. The summed E-state index contributed by atoms with van der Waals surface area (Å²) in [6, 6.07) is 11.0. The summed E-state index contributed by atoms with van der Waals surface area (Å²) in [4.78, 5) is 12.3. The molecule has 4 nitrogen and oxygen atoms in total. The van der Waals surface area contributed by atoms with Crippen molar-refractivity contribution in [2.45, 2.75) is 13.3 Å². The van der Waals surface area contributed by atoms with Crippen LogP contribution in [0.1, 0.15) is 22.8 Å². The van der Waals surface area contributed by atoms with E-state index in [1.807, 2.05) is 31.2 Å². The number of benzene rings is 2. The number of hydrogen-bond donors (Lipinski definition) is 1. The molecule has 0 heterocycles. The van der Waals surface area contributed by atoms with Gasteiger partial charge in [-0.15, -0.1) is 0 Å². The lowest BCUT2D eigenvalue weighted by Gasteiger charge is -2.13. The second-order valence-corrected chi connectivity index (χ2v) is 6.35. The van der Waals surface area contributed by atoms with Crippen LogP contribution in [0.5, 0.6) is 11.5 Å². The molecule has 0 saturated carbocycles. The van der Waals surface area contributed by atoms with Crippen LogP contribution >= 0.6 is 27.5 Å². The molecular formula is C18H19BrClNO3. The first kappa shape index (κ1) is 18.6. The minimum absolute atomic E-state index is 0.168. The number of halogens is 2. The number of rotatable bonds is 7. The number of carbonyl (C=O) groups is 1. The molecule has 0 aromatic heterocycles. The summed E-state index contributed by atoms with van der Waals surface area (Å²) >= 11 is 9.38. The zero-order valence-electron chi connectivity index (χ0n) is 13.6. The average molecular weight is 413 g/mol. The summed E-state index contributed by atoms with van der Waals surface area (Å²) < 4.78 is 11.5. The van der Waals surface area contributed by atoms with Gasteiger partial charge in [0.15, 0.2) is 11.5 Å². The third-order valence-electron chi connectivity index (χ3n) is 3.37. The van der Waals surface area contributed by atoms with Gasteiger partial charge in [-0.25, -0.2) is 0 Å². The molecule has 2 aromatic rings. The van der Waals surface area contributed by atoms with Crippen molar-refractivity contribution in [3.05, 3.63) is 57.0 Å². The molecule has 0 atom stereocenters. The van der Waals surface area contributed by atoms with Crippen LogP contribution in [0.3, 0.4) is 0 Å². The number of methoxy groups -OCH3 is 1. The minimum atomic E-state index is -0.168. The average Bonchev–Trinajstić information content (AvgIpc) is 2.56. The highest BCUT2D eigenvalue weighted by Crippen LogP contribution is 2.36. The van der Waals surface area contributed by atoms with Gasteiger partial charge in [0.1, 0.15) is 0 Å². The Bertz CT molecular complexity index is 721. The number of carbonyl (C=O) groups excluding carboxylic acids is 1. The fourth-order valence-corrected chi connectivity index (χ4v) is 3.02. The highest BCUT2D eigenvalue weighted by Gasteiger charge is 2.15. The maximum atomic E-state index is 12.3. The van der Waals surface area contributed by atoms with E-state index < -0.39 is 0 Å². The van der Waals surface area contributed by atoms with Gasteiger partial charge in [0.25, 0.3) is 5.91 Å². The fourth-order valence-electron chi connectivity index (χ4n) is 2.25. The molecule has 0 aliphatic heterocycles. The molecule has 0 saturated heterocycles. The zero-order valence-corrected chi connectivity index (χ0v) is 15.9. The normalized spacial score (nSPS) is 10.3. The Morgan fingerprint density at radius 1 is 1.29 bits per heavy atom. The quantitative estimate of drug-likeness (QED) is 0.729. The second kappa shape index (κ2) is 8.94. The molecule has 2 aromatic carbocycles. The Labute approximate surface area is 155 Å². The van der Waals surface area contributed by atoms with Crippen molar-refractivity contribution in [2.24, 2.45) is 0 Å². The number of ether oxygens (including phenoxy) is 2. The van der Waals surface area contributed by atoms with Crippen molar-refractivity contribution in [1.82, 2.24) is 5.32 Å². The Morgan fingerprint density at radius 3 is 2.75 bits per heavy atom. The van der Waals surface area contributed by atoms with E-state index >= 15 is 0 Å². The Kier molecular flexibility index (Phi) is 6.94. The first-order valence-corrected chi connectivity index (χ1v) is 8.75. The number of hydrogen-bond acceptors (Lipinski definition) is 3. The molecular weight excluding hydrogens is 394 g/mol. The van der Waals surface area contributed by atoms with Crippen LogP contribution in [-0.4, -0.2) is 26.2 Å². The molecule has 0 fully saturated rings. The van der Waals surface area contributed by atoms with Gasteiger partial charge in [-0.1, -0.05) is 23.7 Å². The van der Waals surface area contributed by atoms with Crippen LogP contribution < -0.4 is 14.8 Å². The summed E-state index contributed by atoms with van der Waals surface area (Å²) in [5.41, 5.74) is 1.58. The highest BCUT2D eigenvalue weighted by atomic mass is 79.9. The van der Waals surface area contributed by atoms with Crippen molar-refractivity contribution in [3.8, 4) is 11.5 Å². The fraction of sp³-hybridized carbons (Fsp3) is 0.278. The number of amides is 1. The third kappa shape index (κ3) is 4.89. The van der Waals surface area contributed by atoms with Gasteiger partial charge >= 0.3 is 0 Å². The van der Waals surface area contributed by atoms with Crippen LogP contribution in [0.15, 0.2) is 40.9 Å². The minimum Gasteiger partial charge on any atom is -0.493 e. The molecule has 0 unspecified atom stereocenters. The number of nitrogens with one attached hydrogen (secondary N) is 1. The standard InChI is InChI=1S/C18H19BrClNO3/c1-3-24-17-15(19)10-13(11-16(17)23-2)18(22)21-8-7-12-5-4-6-14(20)9-12/h4-6,9-11H,3,7-8H2,1-2H3,(H,21,22). The van der Waals surface area contributed by atoms with E-state index in [1.165, 1.54) is 0 Å². The lowest BCUT2D eigenvalue weighted by molar-refractivity contribution is 0.0953. The van der Waals surface area contributed by atoms with Crippen molar-refractivity contribution in [2.75, 3.05) is 20.3 Å². The molecule has 128 valence electrons. The van der Waals surface area contributed by atoms with E-state index in [9.17, 15) is 4.79 Å². The van der Waals surface area contributed by atoms with Gasteiger partial charge in [-0.3, -0.25) is 4.79 Å². The largest absolute Gasteiger partial charge is 0.493 e. The lowest BCUT2D eigenvalue weighted by Crippen LogP contribution is -2.25. The van der Waals surface area contributed by atoms with Crippen molar-refractivity contribution in [3.63, 3.8) is 0 Å². The smallest absolute Gasteiger partial charge is 0.251 e. The van der Waals surface area contributed by atoms with Crippen LogP contribution in [0.2, 0.25) is 5.02 Å². The van der Waals surface area contributed by atoms with Gasteiger partial charge in [-0.2, -0.15) is 0 Å². The maximum Gasteiger partial charge on any atom is 0.251 e. The Hall–Kier alpha value is -1.72. The summed E-state index contributed by atoms with van der Waals surface area (Å²) in [5.74, 6) is 0.945. The van der Waals surface area contributed by atoms with E-state index in [4.69, 9.17) is 21.1 Å².